The molecule has 80 valence electrons. The predicted molar refractivity (Wildman–Crippen MR) is 51.1 cm³/mol. The summed E-state index contributed by atoms with van der Waals surface area (Å²) in [6, 6.07) is 3.27. The second kappa shape index (κ2) is 5.71. The largest absolute Gasteiger partial charge is 0.351 e. The quantitative estimate of drug-likeness (QED) is 0.469. The molecule has 0 unspecified atom stereocenters. The van der Waals surface area contributed by atoms with Crippen LogP contribution in [0, 0.1) is 0 Å². The molecule has 15 heavy (non-hydrogen) atoms. The maximum absolute atomic E-state index is 11.4. The Labute approximate surface area is 86.3 Å². The molecule has 1 heterocycles. The minimum atomic E-state index is -0.540. The van der Waals surface area contributed by atoms with Gasteiger partial charge >= 0.3 is 0 Å². The fourth-order valence-electron chi connectivity index (χ4n) is 0.945. The van der Waals surface area contributed by atoms with Crippen molar-refractivity contribution in [2.45, 2.75) is 6.42 Å². The van der Waals surface area contributed by atoms with E-state index in [0.29, 0.717) is 5.56 Å². The van der Waals surface area contributed by atoms with Crippen LogP contribution in [0.1, 0.15) is 16.8 Å². The molecule has 1 aromatic rings. The topological polar surface area (TPSA) is 91.3 Å². The van der Waals surface area contributed by atoms with Crippen LogP contribution in [0.15, 0.2) is 24.5 Å². The number of nitrogens with zero attached hydrogens (tertiary/aromatic N) is 1. The zero-order valence-corrected chi connectivity index (χ0v) is 7.93. The SMILES string of the molecule is O=C(CCNC(=O)c1cccnc1)NO. The van der Waals surface area contributed by atoms with E-state index < -0.39 is 5.91 Å². The standard InChI is InChI=1S/C9H11N3O3/c13-8(12-15)3-5-11-9(14)7-2-1-4-10-6-7/h1-2,4,6,15H,3,5H2,(H,11,14)(H,12,13). The van der Waals surface area contributed by atoms with E-state index >= 15 is 0 Å². The van der Waals surface area contributed by atoms with E-state index in [1.807, 2.05) is 0 Å². The number of nitrogens with one attached hydrogen (secondary N) is 2. The lowest BCUT2D eigenvalue weighted by atomic mass is 10.2. The van der Waals surface area contributed by atoms with Crippen molar-refractivity contribution in [3.8, 4) is 0 Å². The van der Waals surface area contributed by atoms with Crippen molar-refractivity contribution in [2.75, 3.05) is 6.54 Å². The molecule has 0 aliphatic heterocycles. The first-order chi connectivity index (χ1) is 7.24. The van der Waals surface area contributed by atoms with Crippen molar-refractivity contribution in [1.29, 1.82) is 0 Å². The van der Waals surface area contributed by atoms with Gasteiger partial charge in [0.25, 0.3) is 5.91 Å². The van der Waals surface area contributed by atoms with E-state index in [1.54, 1.807) is 18.3 Å². The third-order valence-corrected chi connectivity index (χ3v) is 1.69. The molecule has 0 fully saturated rings. The van der Waals surface area contributed by atoms with Crippen molar-refractivity contribution in [3.05, 3.63) is 30.1 Å². The van der Waals surface area contributed by atoms with Crippen LogP contribution in [-0.4, -0.2) is 28.6 Å². The van der Waals surface area contributed by atoms with E-state index in [9.17, 15) is 9.59 Å². The molecule has 0 bridgehead atoms. The van der Waals surface area contributed by atoms with Gasteiger partial charge in [-0.25, -0.2) is 5.48 Å². The molecule has 3 N–H and O–H groups in total. The summed E-state index contributed by atoms with van der Waals surface area (Å²) < 4.78 is 0. The molecule has 0 spiro atoms. The Bertz CT molecular complexity index is 340. The Morgan fingerprint density at radius 1 is 1.47 bits per heavy atom. The maximum Gasteiger partial charge on any atom is 0.252 e. The highest BCUT2D eigenvalue weighted by atomic mass is 16.5. The number of aromatic nitrogens is 1. The van der Waals surface area contributed by atoms with Gasteiger partial charge in [-0.3, -0.25) is 19.8 Å². The highest BCUT2D eigenvalue weighted by Crippen LogP contribution is 1.94. The molecule has 6 heteroatoms. The van der Waals surface area contributed by atoms with Gasteiger partial charge in [-0.15, -0.1) is 0 Å². The number of hydroxylamine groups is 1. The van der Waals surface area contributed by atoms with Crippen LogP contribution >= 0.6 is 0 Å². The third-order valence-electron chi connectivity index (χ3n) is 1.69. The minimum Gasteiger partial charge on any atom is -0.351 e. The van der Waals surface area contributed by atoms with E-state index in [-0.39, 0.29) is 18.9 Å². The van der Waals surface area contributed by atoms with Gasteiger partial charge in [0, 0.05) is 25.4 Å². The number of pyridine rings is 1. The van der Waals surface area contributed by atoms with E-state index in [1.165, 1.54) is 11.7 Å². The summed E-state index contributed by atoms with van der Waals surface area (Å²) in [4.78, 5) is 25.8. The van der Waals surface area contributed by atoms with Crippen molar-refractivity contribution in [1.82, 2.24) is 15.8 Å². The van der Waals surface area contributed by atoms with Crippen LogP contribution in [0.5, 0.6) is 0 Å². The Morgan fingerprint density at radius 3 is 2.87 bits per heavy atom. The summed E-state index contributed by atoms with van der Waals surface area (Å²) in [5.74, 6) is -0.838. The molecular weight excluding hydrogens is 198 g/mol. The average molecular weight is 209 g/mol. The van der Waals surface area contributed by atoms with Crippen molar-refractivity contribution < 1.29 is 14.8 Å². The summed E-state index contributed by atoms with van der Waals surface area (Å²) >= 11 is 0. The Balaban J connectivity index is 2.34. The Hall–Kier alpha value is -1.95. The summed E-state index contributed by atoms with van der Waals surface area (Å²) in [6.45, 7) is 0.167. The van der Waals surface area contributed by atoms with E-state index in [4.69, 9.17) is 5.21 Å². The van der Waals surface area contributed by atoms with E-state index in [2.05, 4.69) is 10.3 Å². The van der Waals surface area contributed by atoms with Crippen LogP contribution in [-0.2, 0) is 4.79 Å². The molecule has 6 nitrogen and oxygen atoms in total. The van der Waals surface area contributed by atoms with Crippen LogP contribution < -0.4 is 10.8 Å². The van der Waals surface area contributed by atoms with Crippen LogP contribution in [0.4, 0.5) is 0 Å². The Kier molecular flexibility index (Phi) is 4.24. The van der Waals surface area contributed by atoms with Gasteiger partial charge in [-0.05, 0) is 12.1 Å². The zero-order chi connectivity index (χ0) is 11.1. The molecule has 0 radical (unpaired) electrons. The molecular formula is C9H11N3O3. The molecule has 1 aromatic heterocycles. The number of carbonyl (C=O) groups excluding carboxylic acids is 2. The molecule has 2 amide bonds. The second-order valence-electron chi connectivity index (χ2n) is 2.78. The average Bonchev–Trinajstić information content (AvgIpc) is 2.29. The summed E-state index contributed by atoms with van der Waals surface area (Å²) in [7, 11) is 0. The fraction of sp³-hybridized carbons (Fsp3) is 0.222. The third kappa shape index (κ3) is 3.74. The van der Waals surface area contributed by atoms with Gasteiger partial charge in [0.05, 0.1) is 5.56 Å². The monoisotopic (exact) mass is 209 g/mol. The van der Waals surface area contributed by atoms with Crippen LogP contribution in [0.3, 0.4) is 0 Å². The lowest BCUT2D eigenvalue weighted by Gasteiger charge is -2.03. The lowest BCUT2D eigenvalue weighted by Crippen LogP contribution is -2.29. The van der Waals surface area contributed by atoms with Gasteiger partial charge in [0.1, 0.15) is 0 Å². The summed E-state index contributed by atoms with van der Waals surface area (Å²) in [6.07, 6.45) is 3.03. The van der Waals surface area contributed by atoms with Gasteiger partial charge in [-0.2, -0.15) is 0 Å². The molecule has 0 saturated heterocycles. The number of rotatable bonds is 4. The molecule has 0 saturated carbocycles. The number of amides is 2. The smallest absolute Gasteiger partial charge is 0.252 e. The van der Waals surface area contributed by atoms with Gasteiger partial charge < -0.3 is 5.32 Å². The number of carbonyl (C=O) groups is 2. The molecule has 1 rings (SSSR count). The number of hydrogen-bond acceptors (Lipinski definition) is 4. The summed E-state index contributed by atoms with van der Waals surface area (Å²) in [5, 5.41) is 10.7. The fourth-order valence-corrected chi connectivity index (χ4v) is 0.945. The normalized spacial score (nSPS) is 9.40. The number of hydrogen-bond donors (Lipinski definition) is 3. The molecule has 0 aliphatic rings. The first-order valence-corrected chi connectivity index (χ1v) is 4.35. The first kappa shape index (κ1) is 11.1. The highest BCUT2D eigenvalue weighted by Gasteiger charge is 2.05. The minimum absolute atomic E-state index is 0.0303. The summed E-state index contributed by atoms with van der Waals surface area (Å²) in [5.41, 5.74) is 1.91. The van der Waals surface area contributed by atoms with Gasteiger partial charge in [0.15, 0.2) is 0 Å². The highest BCUT2D eigenvalue weighted by molar-refractivity contribution is 5.94. The van der Waals surface area contributed by atoms with Crippen LogP contribution in [0.25, 0.3) is 0 Å². The second-order valence-corrected chi connectivity index (χ2v) is 2.78. The van der Waals surface area contributed by atoms with Crippen molar-refractivity contribution in [2.24, 2.45) is 0 Å². The van der Waals surface area contributed by atoms with Crippen molar-refractivity contribution >= 4 is 11.8 Å². The van der Waals surface area contributed by atoms with Crippen LogP contribution in [0.2, 0.25) is 0 Å². The van der Waals surface area contributed by atoms with Gasteiger partial charge in [0.2, 0.25) is 5.91 Å². The molecule has 0 aromatic carbocycles. The maximum atomic E-state index is 11.4. The van der Waals surface area contributed by atoms with Gasteiger partial charge in [-0.1, -0.05) is 0 Å². The zero-order valence-electron chi connectivity index (χ0n) is 7.93. The Morgan fingerprint density at radius 2 is 2.27 bits per heavy atom. The first-order valence-electron chi connectivity index (χ1n) is 4.35. The lowest BCUT2D eigenvalue weighted by molar-refractivity contribution is -0.129. The van der Waals surface area contributed by atoms with Crippen molar-refractivity contribution in [3.63, 3.8) is 0 Å². The van der Waals surface area contributed by atoms with E-state index in [0.717, 1.165) is 0 Å². The predicted octanol–water partition coefficient (Wildman–Crippen LogP) is -0.293. The molecule has 0 atom stereocenters. The molecule has 0 aliphatic carbocycles.